The molecule has 0 aliphatic carbocycles. The van der Waals surface area contributed by atoms with E-state index < -0.39 is 0 Å². The molecule has 7 heteroatoms. The van der Waals surface area contributed by atoms with Gasteiger partial charge in [-0.15, -0.1) is 11.3 Å². The van der Waals surface area contributed by atoms with Gasteiger partial charge in [-0.1, -0.05) is 17.7 Å². The monoisotopic (exact) mass is 401 g/mol. The van der Waals surface area contributed by atoms with Crippen LogP contribution in [0.4, 0.5) is 0 Å². The minimum Gasteiger partial charge on any atom is -0.372 e. The normalized spacial score (nSPS) is 20.0. The molecule has 0 spiro atoms. The van der Waals surface area contributed by atoms with Crippen molar-refractivity contribution >= 4 is 28.8 Å². The molecule has 1 fully saturated rings. The molecule has 2 atom stereocenters. The van der Waals surface area contributed by atoms with Gasteiger partial charge in [-0.05, 0) is 55.6 Å². The van der Waals surface area contributed by atoms with Crippen LogP contribution in [0.1, 0.15) is 24.3 Å². The van der Waals surface area contributed by atoms with Gasteiger partial charge in [0.2, 0.25) is 0 Å². The number of hydrogen-bond donors (Lipinski definition) is 0. The Balaban J connectivity index is 1.76. The highest BCUT2D eigenvalue weighted by atomic mass is 35.5. The molecule has 0 unspecified atom stereocenters. The van der Waals surface area contributed by atoms with E-state index in [0.29, 0.717) is 23.8 Å². The topological polar surface area (TPSA) is 47.4 Å². The molecule has 140 valence electrons. The van der Waals surface area contributed by atoms with Crippen molar-refractivity contribution in [2.45, 2.75) is 26.1 Å². The van der Waals surface area contributed by atoms with Gasteiger partial charge in [0.15, 0.2) is 0 Å². The third kappa shape index (κ3) is 3.78. The van der Waals surface area contributed by atoms with Gasteiger partial charge in [-0.2, -0.15) is 5.10 Å². The van der Waals surface area contributed by atoms with Crippen LogP contribution in [0.3, 0.4) is 0 Å². The van der Waals surface area contributed by atoms with Crippen LogP contribution in [0.5, 0.6) is 0 Å². The number of rotatable bonds is 3. The summed E-state index contributed by atoms with van der Waals surface area (Å²) in [5.74, 6) is -0.0396. The lowest BCUT2D eigenvalue weighted by atomic mass is 10.2. The highest BCUT2D eigenvalue weighted by Crippen LogP contribution is 2.27. The highest BCUT2D eigenvalue weighted by Gasteiger charge is 2.29. The Kier molecular flexibility index (Phi) is 5.04. The number of halogens is 1. The van der Waals surface area contributed by atoms with E-state index in [9.17, 15) is 4.79 Å². The number of carbonyl (C=O) groups excluding carboxylic acids is 1. The smallest absolute Gasteiger partial charge is 0.272 e. The summed E-state index contributed by atoms with van der Waals surface area (Å²) in [6.07, 6.45) is 0.0303. The van der Waals surface area contributed by atoms with Crippen molar-refractivity contribution in [3.05, 3.63) is 58.6 Å². The van der Waals surface area contributed by atoms with E-state index in [4.69, 9.17) is 21.4 Å². The van der Waals surface area contributed by atoms with Crippen molar-refractivity contribution in [1.29, 1.82) is 0 Å². The van der Waals surface area contributed by atoms with Gasteiger partial charge in [0.1, 0.15) is 11.4 Å². The number of hydrogen-bond acceptors (Lipinski definition) is 4. The van der Waals surface area contributed by atoms with Gasteiger partial charge < -0.3 is 9.64 Å². The minimum absolute atomic E-state index is 0.0152. The first-order valence-electron chi connectivity index (χ1n) is 8.86. The summed E-state index contributed by atoms with van der Waals surface area (Å²) in [5, 5.41) is 7.36. The lowest BCUT2D eigenvalue weighted by Gasteiger charge is -2.35. The number of benzene rings is 1. The molecule has 0 bridgehead atoms. The van der Waals surface area contributed by atoms with Gasteiger partial charge in [0.25, 0.3) is 5.91 Å². The standard InChI is InChI=1S/C20H20ClN3O2S/c1-13-11-23(12-14(2)26-13)20(25)18-10-17(19-4-3-9-27-19)22-24(18)16-7-5-15(21)6-8-16/h3-10,13-14H,11-12H2,1-2H3/t13-,14-/m0/s1. The van der Waals surface area contributed by atoms with E-state index in [2.05, 4.69) is 0 Å². The zero-order valence-electron chi connectivity index (χ0n) is 15.1. The summed E-state index contributed by atoms with van der Waals surface area (Å²) in [5.41, 5.74) is 2.14. The zero-order chi connectivity index (χ0) is 19.0. The third-order valence-electron chi connectivity index (χ3n) is 4.48. The lowest BCUT2D eigenvalue weighted by molar-refractivity contribution is -0.0588. The Labute approximate surface area is 167 Å². The number of thiophene rings is 1. The molecular weight excluding hydrogens is 382 g/mol. The first-order chi connectivity index (χ1) is 13.0. The molecule has 5 nitrogen and oxygen atoms in total. The van der Waals surface area contributed by atoms with Crippen molar-refractivity contribution in [3.63, 3.8) is 0 Å². The number of amides is 1. The van der Waals surface area contributed by atoms with Gasteiger partial charge >= 0.3 is 0 Å². The molecule has 0 N–H and O–H groups in total. The lowest BCUT2D eigenvalue weighted by Crippen LogP contribution is -2.48. The fraction of sp³-hybridized carbons (Fsp3) is 0.300. The van der Waals surface area contributed by atoms with Crippen LogP contribution in [0.15, 0.2) is 47.8 Å². The fourth-order valence-corrected chi connectivity index (χ4v) is 4.17. The van der Waals surface area contributed by atoms with Crippen molar-refractivity contribution < 1.29 is 9.53 Å². The van der Waals surface area contributed by atoms with Gasteiger partial charge in [-0.3, -0.25) is 4.79 Å². The second-order valence-electron chi connectivity index (χ2n) is 6.75. The molecule has 1 aliphatic rings. The van der Waals surface area contributed by atoms with Crippen molar-refractivity contribution in [3.8, 4) is 16.3 Å². The number of carbonyl (C=O) groups is 1. The molecule has 4 rings (SSSR count). The summed E-state index contributed by atoms with van der Waals surface area (Å²) in [6.45, 7) is 5.12. The van der Waals surface area contributed by atoms with Crippen LogP contribution in [-0.2, 0) is 4.74 Å². The molecule has 3 aromatic rings. The van der Waals surface area contributed by atoms with E-state index in [1.807, 2.05) is 54.5 Å². The van der Waals surface area contributed by atoms with E-state index in [1.54, 1.807) is 28.2 Å². The van der Waals surface area contributed by atoms with E-state index in [-0.39, 0.29) is 18.1 Å². The summed E-state index contributed by atoms with van der Waals surface area (Å²) in [4.78, 5) is 16.2. The van der Waals surface area contributed by atoms with Crippen molar-refractivity contribution in [1.82, 2.24) is 14.7 Å². The molecule has 1 aliphatic heterocycles. The maximum Gasteiger partial charge on any atom is 0.272 e. The molecular formula is C20H20ClN3O2S. The Morgan fingerprint density at radius 1 is 1.19 bits per heavy atom. The van der Waals surface area contributed by atoms with Gasteiger partial charge in [0, 0.05) is 18.1 Å². The van der Waals surface area contributed by atoms with Crippen LogP contribution in [0.25, 0.3) is 16.3 Å². The van der Waals surface area contributed by atoms with Crippen LogP contribution in [0, 0.1) is 0 Å². The highest BCUT2D eigenvalue weighted by molar-refractivity contribution is 7.13. The van der Waals surface area contributed by atoms with Crippen LogP contribution in [0.2, 0.25) is 5.02 Å². The average Bonchev–Trinajstić information content (AvgIpc) is 3.30. The van der Waals surface area contributed by atoms with Crippen LogP contribution >= 0.6 is 22.9 Å². The Morgan fingerprint density at radius 3 is 2.52 bits per heavy atom. The molecule has 1 aromatic carbocycles. The molecule has 0 saturated carbocycles. The number of ether oxygens (including phenoxy) is 1. The molecule has 1 saturated heterocycles. The van der Waals surface area contributed by atoms with Crippen molar-refractivity contribution in [2.75, 3.05) is 13.1 Å². The van der Waals surface area contributed by atoms with Gasteiger partial charge in [0.05, 0.1) is 22.8 Å². The maximum absolute atomic E-state index is 13.3. The number of aromatic nitrogens is 2. The molecule has 2 aromatic heterocycles. The Hall–Kier alpha value is -2.15. The Bertz CT molecular complexity index is 927. The second-order valence-corrected chi connectivity index (χ2v) is 8.13. The first kappa shape index (κ1) is 18.2. The van der Waals surface area contributed by atoms with E-state index in [1.165, 1.54) is 0 Å². The van der Waals surface area contributed by atoms with Crippen LogP contribution < -0.4 is 0 Å². The molecule has 1 amide bonds. The quantitative estimate of drug-likeness (QED) is 0.649. The molecule has 3 heterocycles. The minimum atomic E-state index is -0.0396. The predicted octanol–water partition coefficient (Wildman–Crippen LogP) is 4.50. The second kappa shape index (κ2) is 7.46. The summed E-state index contributed by atoms with van der Waals surface area (Å²) >= 11 is 7.63. The van der Waals surface area contributed by atoms with E-state index >= 15 is 0 Å². The summed E-state index contributed by atoms with van der Waals surface area (Å²) < 4.78 is 7.47. The van der Waals surface area contributed by atoms with Crippen LogP contribution in [-0.4, -0.2) is 45.9 Å². The fourth-order valence-electron chi connectivity index (χ4n) is 3.36. The zero-order valence-corrected chi connectivity index (χ0v) is 16.7. The van der Waals surface area contributed by atoms with Crippen molar-refractivity contribution in [2.24, 2.45) is 0 Å². The molecule has 0 radical (unpaired) electrons. The SMILES string of the molecule is C[C@H]1CN(C(=O)c2cc(-c3cccs3)nn2-c2ccc(Cl)cc2)C[C@H](C)O1. The average molecular weight is 402 g/mol. The summed E-state index contributed by atoms with van der Waals surface area (Å²) in [6, 6.07) is 13.2. The Morgan fingerprint density at radius 2 is 1.89 bits per heavy atom. The number of morpholine rings is 1. The maximum atomic E-state index is 13.3. The molecule has 27 heavy (non-hydrogen) atoms. The predicted molar refractivity (Wildman–Crippen MR) is 108 cm³/mol. The first-order valence-corrected chi connectivity index (χ1v) is 10.1. The third-order valence-corrected chi connectivity index (χ3v) is 5.62. The number of nitrogens with zero attached hydrogens (tertiary/aromatic N) is 3. The van der Waals surface area contributed by atoms with E-state index in [0.717, 1.165) is 16.3 Å². The summed E-state index contributed by atoms with van der Waals surface area (Å²) in [7, 11) is 0. The van der Waals surface area contributed by atoms with Gasteiger partial charge in [-0.25, -0.2) is 4.68 Å². The largest absolute Gasteiger partial charge is 0.372 e.